The largest absolute Gasteiger partial charge is 0.370 e. The van der Waals surface area contributed by atoms with Crippen molar-refractivity contribution in [2.75, 3.05) is 5.32 Å². The molecule has 0 heterocycles. The zero-order valence-electron chi connectivity index (χ0n) is 14.6. The van der Waals surface area contributed by atoms with E-state index in [1.54, 1.807) is 0 Å². The summed E-state index contributed by atoms with van der Waals surface area (Å²) in [5.74, 6) is 0.382. The van der Waals surface area contributed by atoms with Gasteiger partial charge in [0.15, 0.2) is 5.96 Å². The molecule has 26 heavy (non-hydrogen) atoms. The third kappa shape index (κ3) is 4.28. The normalized spacial score (nSPS) is 11.0. The minimum atomic E-state index is 0.382. The minimum absolute atomic E-state index is 0.382. The summed E-state index contributed by atoms with van der Waals surface area (Å²) in [7, 11) is 0. The molecule has 0 aliphatic heterocycles. The lowest BCUT2D eigenvalue weighted by Crippen LogP contribution is -2.22. The number of aliphatic imine (C=N–C) groups is 1. The summed E-state index contributed by atoms with van der Waals surface area (Å²) < 4.78 is 0. The quantitative estimate of drug-likeness (QED) is 0.544. The van der Waals surface area contributed by atoms with E-state index >= 15 is 0 Å². The number of rotatable bonds is 4. The monoisotopic (exact) mass is 340 g/mol. The molecule has 128 valence electrons. The average molecular weight is 340 g/mol. The predicted molar refractivity (Wildman–Crippen MR) is 107 cm³/mol. The number of hydrogen-bond donors (Lipinski definition) is 2. The number of nitriles is 1. The fraction of sp³-hybridized carbons (Fsp3) is 0.0909. The van der Waals surface area contributed by atoms with E-state index in [1.165, 1.54) is 5.56 Å². The third-order valence-corrected chi connectivity index (χ3v) is 4.07. The molecule has 0 atom stereocenters. The summed E-state index contributed by atoms with van der Waals surface area (Å²) in [6, 6.07) is 25.8. The van der Waals surface area contributed by atoms with Crippen LogP contribution in [0.15, 0.2) is 77.8 Å². The van der Waals surface area contributed by atoms with E-state index in [1.807, 2.05) is 79.7 Å². The van der Waals surface area contributed by atoms with Gasteiger partial charge in [-0.25, -0.2) is 4.99 Å². The maximum absolute atomic E-state index is 9.23. The van der Waals surface area contributed by atoms with Crippen molar-refractivity contribution in [2.24, 2.45) is 10.7 Å². The summed E-state index contributed by atoms with van der Waals surface area (Å²) in [5.41, 5.74) is 11.7. The lowest BCUT2D eigenvalue weighted by molar-refractivity contribution is 1.06. The van der Waals surface area contributed by atoms with Crippen molar-refractivity contribution in [3.63, 3.8) is 0 Å². The summed E-state index contributed by atoms with van der Waals surface area (Å²) in [6.07, 6.45) is 0. The number of anilines is 1. The predicted octanol–water partition coefficient (Wildman–Crippen LogP) is 4.46. The van der Waals surface area contributed by atoms with Crippen LogP contribution in [0.25, 0.3) is 11.1 Å². The van der Waals surface area contributed by atoms with Gasteiger partial charge in [-0.2, -0.15) is 5.26 Å². The smallest absolute Gasteiger partial charge is 0.193 e. The van der Waals surface area contributed by atoms with Gasteiger partial charge < -0.3 is 11.1 Å². The van der Waals surface area contributed by atoms with Crippen LogP contribution in [0.3, 0.4) is 0 Å². The summed E-state index contributed by atoms with van der Waals surface area (Å²) in [4.78, 5) is 4.38. The van der Waals surface area contributed by atoms with Crippen LogP contribution in [0.5, 0.6) is 0 Å². The van der Waals surface area contributed by atoms with Crippen molar-refractivity contribution < 1.29 is 0 Å². The molecule has 0 aliphatic rings. The van der Waals surface area contributed by atoms with Crippen LogP contribution in [0.1, 0.15) is 16.7 Å². The van der Waals surface area contributed by atoms with Gasteiger partial charge in [-0.3, -0.25) is 0 Å². The Kier molecular flexibility index (Phi) is 5.31. The maximum Gasteiger partial charge on any atom is 0.193 e. The second-order valence-corrected chi connectivity index (χ2v) is 6.05. The molecule has 0 amide bonds. The Morgan fingerprint density at radius 3 is 2.38 bits per heavy atom. The molecule has 0 saturated heterocycles. The molecular weight excluding hydrogens is 320 g/mol. The Balaban J connectivity index is 1.67. The molecule has 0 unspecified atom stereocenters. The van der Waals surface area contributed by atoms with Crippen molar-refractivity contribution in [1.29, 1.82) is 5.26 Å². The molecule has 0 aliphatic carbocycles. The fourth-order valence-corrected chi connectivity index (χ4v) is 2.62. The van der Waals surface area contributed by atoms with Gasteiger partial charge in [0, 0.05) is 5.69 Å². The second-order valence-electron chi connectivity index (χ2n) is 6.05. The highest BCUT2D eigenvalue weighted by Crippen LogP contribution is 2.23. The van der Waals surface area contributed by atoms with Crippen molar-refractivity contribution in [1.82, 2.24) is 0 Å². The highest BCUT2D eigenvalue weighted by molar-refractivity contribution is 5.92. The molecule has 0 saturated carbocycles. The molecule has 3 aromatic rings. The van der Waals surface area contributed by atoms with E-state index in [0.717, 1.165) is 22.4 Å². The number of nitrogens with two attached hydrogens (primary N) is 1. The molecular formula is C22H20N4. The first-order valence-corrected chi connectivity index (χ1v) is 8.38. The molecule has 4 heteroatoms. The maximum atomic E-state index is 9.23. The first-order valence-electron chi connectivity index (χ1n) is 8.38. The van der Waals surface area contributed by atoms with E-state index in [2.05, 4.69) is 16.4 Å². The Bertz CT molecular complexity index is 949. The number of benzene rings is 3. The first-order chi connectivity index (χ1) is 12.7. The summed E-state index contributed by atoms with van der Waals surface area (Å²) >= 11 is 0. The third-order valence-electron chi connectivity index (χ3n) is 4.07. The van der Waals surface area contributed by atoms with Gasteiger partial charge in [-0.15, -0.1) is 0 Å². The van der Waals surface area contributed by atoms with Gasteiger partial charge in [-0.05, 0) is 41.8 Å². The Morgan fingerprint density at radius 1 is 1.00 bits per heavy atom. The van der Waals surface area contributed by atoms with Crippen molar-refractivity contribution in [2.45, 2.75) is 13.5 Å². The standard InChI is InChI=1S/C22H20N4/c1-16-6-12-20(13-7-16)26-22(24)25-15-17-8-10-18(11-9-17)21-5-3-2-4-19(21)14-23/h2-13H,15H2,1H3,(H3,24,25,26). The van der Waals surface area contributed by atoms with Crippen LogP contribution < -0.4 is 11.1 Å². The number of nitrogens with one attached hydrogen (secondary N) is 1. The minimum Gasteiger partial charge on any atom is -0.370 e. The van der Waals surface area contributed by atoms with Crippen LogP contribution in [0, 0.1) is 18.3 Å². The molecule has 0 spiro atoms. The Morgan fingerprint density at radius 2 is 1.69 bits per heavy atom. The second kappa shape index (κ2) is 8.00. The highest BCUT2D eigenvalue weighted by atomic mass is 15.1. The highest BCUT2D eigenvalue weighted by Gasteiger charge is 2.04. The van der Waals surface area contributed by atoms with Crippen molar-refractivity contribution >= 4 is 11.6 Å². The van der Waals surface area contributed by atoms with Crippen LogP contribution in [-0.4, -0.2) is 5.96 Å². The lowest BCUT2D eigenvalue weighted by Gasteiger charge is -2.07. The van der Waals surface area contributed by atoms with E-state index in [0.29, 0.717) is 18.1 Å². The molecule has 0 bridgehead atoms. The lowest BCUT2D eigenvalue weighted by atomic mass is 9.99. The Hall–Kier alpha value is -3.58. The van der Waals surface area contributed by atoms with Gasteiger partial charge in [-0.1, -0.05) is 60.2 Å². The number of guanidine groups is 1. The van der Waals surface area contributed by atoms with Crippen molar-refractivity contribution in [3.8, 4) is 17.2 Å². The van der Waals surface area contributed by atoms with Gasteiger partial charge in [0.25, 0.3) is 0 Å². The molecule has 4 nitrogen and oxygen atoms in total. The van der Waals surface area contributed by atoms with E-state index in [-0.39, 0.29) is 0 Å². The molecule has 3 rings (SSSR count). The number of hydrogen-bond acceptors (Lipinski definition) is 2. The number of nitrogens with zero attached hydrogens (tertiary/aromatic N) is 2. The average Bonchev–Trinajstić information content (AvgIpc) is 2.68. The zero-order chi connectivity index (χ0) is 18.4. The number of aryl methyl sites for hydroxylation is 1. The van der Waals surface area contributed by atoms with Gasteiger partial charge in [0.05, 0.1) is 18.2 Å². The van der Waals surface area contributed by atoms with Crippen LogP contribution in [0.2, 0.25) is 0 Å². The fourth-order valence-electron chi connectivity index (χ4n) is 2.62. The molecule has 0 aromatic heterocycles. The molecule has 3 N–H and O–H groups in total. The van der Waals surface area contributed by atoms with E-state index in [9.17, 15) is 5.26 Å². The molecule has 0 radical (unpaired) electrons. The van der Waals surface area contributed by atoms with Crippen LogP contribution in [0.4, 0.5) is 5.69 Å². The van der Waals surface area contributed by atoms with Gasteiger partial charge in [0.1, 0.15) is 0 Å². The van der Waals surface area contributed by atoms with Gasteiger partial charge >= 0.3 is 0 Å². The molecule has 0 fully saturated rings. The van der Waals surface area contributed by atoms with E-state index in [4.69, 9.17) is 5.73 Å². The zero-order valence-corrected chi connectivity index (χ0v) is 14.6. The first kappa shape index (κ1) is 17.2. The summed E-state index contributed by atoms with van der Waals surface area (Å²) in [5, 5.41) is 12.3. The van der Waals surface area contributed by atoms with Gasteiger partial charge in [0.2, 0.25) is 0 Å². The van der Waals surface area contributed by atoms with Crippen LogP contribution >= 0.6 is 0 Å². The topological polar surface area (TPSA) is 74.2 Å². The van der Waals surface area contributed by atoms with Crippen molar-refractivity contribution in [3.05, 3.63) is 89.5 Å². The Labute approximate surface area is 153 Å². The molecule has 3 aromatic carbocycles. The summed E-state index contributed by atoms with van der Waals surface area (Å²) in [6.45, 7) is 2.53. The van der Waals surface area contributed by atoms with E-state index < -0.39 is 0 Å². The van der Waals surface area contributed by atoms with Crippen LogP contribution in [-0.2, 0) is 6.54 Å². The SMILES string of the molecule is Cc1ccc(NC(N)=NCc2ccc(-c3ccccc3C#N)cc2)cc1.